The molecule has 62 heavy (non-hydrogen) atoms. The smallest absolute Gasteiger partial charge is 0.160 e. The maximum Gasteiger partial charge on any atom is 0.160 e. The van der Waals surface area contributed by atoms with Crippen LogP contribution in [-0.2, 0) is 0 Å². The molecule has 0 amide bonds. The number of hydrogen-bond acceptors (Lipinski definition) is 2. The van der Waals surface area contributed by atoms with Gasteiger partial charge in [0.05, 0.1) is 11.4 Å². The van der Waals surface area contributed by atoms with Crippen molar-refractivity contribution in [1.29, 1.82) is 0 Å². The summed E-state index contributed by atoms with van der Waals surface area (Å²) in [5, 5.41) is 4.72. The first-order valence-corrected chi connectivity index (χ1v) is 21.1. The highest BCUT2D eigenvalue weighted by molar-refractivity contribution is 6.22. The van der Waals surface area contributed by atoms with Crippen molar-refractivity contribution >= 4 is 21.5 Å². The van der Waals surface area contributed by atoms with Gasteiger partial charge in [-0.15, -0.1) is 0 Å². The van der Waals surface area contributed by atoms with E-state index in [-0.39, 0.29) is 0 Å². The van der Waals surface area contributed by atoms with Gasteiger partial charge < -0.3 is 0 Å². The molecule has 290 valence electrons. The zero-order valence-electron chi connectivity index (χ0n) is 34.0. The molecule has 0 radical (unpaired) electrons. The molecule has 0 fully saturated rings. The Hall–Kier alpha value is -8.20. The van der Waals surface area contributed by atoms with Crippen LogP contribution in [0, 0.1) is 0 Å². The van der Waals surface area contributed by atoms with E-state index in [1.54, 1.807) is 0 Å². The molecule has 10 aromatic carbocycles. The normalized spacial score (nSPS) is 11.2. The Morgan fingerprint density at radius 3 is 0.919 bits per heavy atom. The summed E-state index contributed by atoms with van der Waals surface area (Å²) in [6.45, 7) is 0. The Kier molecular flexibility index (Phi) is 9.57. The zero-order chi connectivity index (χ0) is 41.2. The lowest BCUT2D eigenvalue weighted by molar-refractivity contribution is 1.18. The van der Waals surface area contributed by atoms with Crippen molar-refractivity contribution in [2.24, 2.45) is 0 Å². The monoisotopic (exact) mass is 788 g/mol. The van der Waals surface area contributed by atoms with Gasteiger partial charge in [0, 0.05) is 16.7 Å². The fraction of sp³-hybridized carbons (Fsp3) is 0. The lowest BCUT2D eigenvalue weighted by atomic mass is 9.84. The van der Waals surface area contributed by atoms with Gasteiger partial charge in [0.15, 0.2) is 5.82 Å². The molecule has 0 unspecified atom stereocenters. The lowest BCUT2D eigenvalue weighted by Crippen LogP contribution is -1.97. The van der Waals surface area contributed by atoms with Gasteiger partial charge in [-0.05, 0) is 114 Å². The van der Waals surface area contributed by atoms with Crippen molar-refractivity contribution in [3.05, 3.63) is 243 Å². The van der Waals surface area contributed by atoms with E-state index in [4.69, 9.17) is 9.97 Å². The molecule has 2 nitrogen and oxygen atoms in total. The molecule has 0 spiro atoms. The molecule has 0 atom stereocenters. The van der Waals surface area contributed by atoms with E-state index in [1.165, 1.54) is 66.2 Å². The number of benzene rings is 10. The molecule has 11 aromatic rings. The third kappa shape index (κ3) is 7.04. The van der Waals surface area contributed by atoms with Crippen LogP contribution in [-0.4, -0.2) is 9.97 Å². The summed E-state index contributed by atoms with van der Waals surface area (Å²) in [6.07, 6.45) is 0. The molecule has 1 aromatic heterocycles. The predicted octanol–water partition coefficient (Wildman–Crippen LogP) is 16.1. The predicted molar refractivity (Wildman–Crippen MR) is 261 cm³/mol. The van der Waals surface area contributed by atoms with Crippen molar-refractivity contribution in [2.45, 2.75) is 0 Å². The Morgan fingerprint density at radius 2 is 0.516 bits per heavy atom. The molecule has 0 bridgehead atoms. The van der Waals surface area contributed by atoms with Crippen LogP contribution in [0.5, 0.6) is 0 Å². The molecule has 0 N–H and O–H groups in total. The average molecular weight is 789 g/mol. The summed E-state index contributed by atoms with van der Waals surface area (Å²) < 4.78 is 0. The minimum atomic E-state index is 0.690. The van der Waals surface area contributed by atoms with Crippen LogP contribution >= 0.6 is 0 Å². The Labute approximate surface area is 362 Å². The summed E-state index contributed by atoms with van der Waals surface area (Å²) in [4.78, 5) is 10.5. The van der Waals surface area contributed by atoms with Gasteiger partial charge in [0.25, 0.3) is 0 Å². The molecule has 11 rings (SSSR count). The molecule has 0 aliphatic heterocycles. The maximum absolute atomic E-state index is 5.24. The largest absolute Gasteiger partial charge is 0.228 e. The van der Waals surface area contributed by atoms with Gasteiger partial charge in [-0.2, -0.15) is 0 Å². The number of rotatable bonds is 8. The fourth-order valence-corrected chi connectivity index (χ4v) is 8.86. The molecular weight excluding hydrogens is 749 g/mol. The van der Waals surface area contributed by atoms with E-state index in [1.807, 2.05) is 12.1 Å². The summed E-state index contributed by atoms with van der Waals surface area (Å²) >= 11 is 0. The molecule has 1 heterocycles. The van der Waals surface area contributed by atoms with Crippen molar-refractivity contribution in [2.75, 3.05) is 0 Å². The second kappa shape index (κ2) is 16.1. The first kappa shape index (κ1) is 36.8. The van der Waals surface area contributed by atoms with Gasteiger partial charge in [-0.1, -0.05) is 206 Å². The summed E-state index contributed by atoms with van der Waals surface area (Å²) in [5.74, 6) is 0.690. The van der Waals surface area contributed by atoms with Gasteiger partial charge in [0.1, 0.15) is 0 Å². The minimum absolute atomic E-state index is 0.690. The van der Waals surface area contributed by atoms with Gasteiger partial charge in [-0.3, -0.25) is 0 Å². The Morgan fingerprint density at radius 1 is 0.194 bits per heavy atom. The Bertz CT molecular complexity index is 3000. The number of nitrogens with zero attached hydrogens (tertiary/aromatic N) is 2. The lowest BCUT2D eigenvalue weighted by Gasteiger charge is -2.20. The third-order valence-corrected chi connectivity index (χ3v) is 11.8. The van der Waals surface area contributed by atoms with Crippen LogP contribution < -0.4 is 0 Å². The molecule has 0 aliphatic rings. The summed E-state index contributed by atoms with van der Waals surface area (Å²) in [6, 6.07) is 86.8. The van der Waals surface area contributed by atoms with E-state index in [0.717, 1.165) is 39.0 Å². The molecular formula is C60H40N2. The first-order valence-electron chi connectivity index (χ1n) is 21.1. The van der Waals surface area contributed by atoms with Gasteiger partial charge >= 0.3 is 0 Å². The van der Waals surface area contributed by atoms with Crippen LogP contribution in [0.4, 0.5) is 0 Å². The van der Waals surface area contributed by atoms with Crippen LogP contribution in [0.1, 0.15) is 0 Å². The number of fused-ring (bicyclic) bond motifs is 2. The molecule has 2 heteroatoms. The van der Waals surface area contributed by atoms with E-state index in [2.05, 4.69) is 231 Å². The Balaban J connectivity index is 1.18. The highest BCUT2D eigenvalue weighted by atomic mass is 14.9. The van der Waals surface area contributed by atoms with Crippen molar-refractivity contribution in [1.82, 2.24) is 9.97 Å². The van der Waals surface area contributed by atoms with Crippen LogP contribution in [0.3, 0.4) is 0 Å². The second-order valence-corrected chi connectivity index (χ2v) is 15.7. The second-order valence-electron chi connectivity index (χ2n) is 15.7. The van der Waals surface area contributed by atoms with Crippen molar-refractivity contribution in [3.8, 4) is 89.5 Å². The number of hydrogen-bond donors (Lipinski definition) is 0. The van der Waals surface area contributed by atoms with Gasteiger partial charge in [-0.25, -0.2) is 9.97 Å². The topological polar surface area (TPSA) is 25.8 Å². The zero-order valence-corrected chi connectivity index (χ0v) is 34.0. The standard InChI is InChI=1S/C60H40N2/c1-7-19-41(20-8-1)49-35-50(42-21-9-2-10-22-42)37-51(36-49)47-31-33-52-54(38-47)58(45-27-15-5-16-28-45)53-34-32-48(39-55(53)59(52)46-29-17-6-18-30-46)60-61-56(43-23-11-3-12-24-43)40-57(62-60)44-25-13-4-14-26-44/h1-40H. The maximum atomic E-state index is 5.24. The SMILES string of the molecule is c1ccc(-c2cc(-c3ccccc3)cc(-c3ccc4c(-c5ccccc5)c5cc(-c6nc(-c7ccccc7)cc(-c7ccccc7)n6)ccc5c(-c5ccccc5)c4c3)c2)cc1. The van der Waals surface area contributed by atoms with E-state index >= 15 is 0 Å². The highest BCUT2D eigenvalue weighted by Crippen LogP contribution is 2.46. The average Bonchev–Trinajstić information content (AvgIpc) is 3.36. The summed E-state index contributed by atoms with van der Waals surface area (Å²) in [5.41, 5.74) is 16.7. The van der Waals surface area contributed by atoms with E-state index < -0.39 is 0 Å². The van der Waals surface area contributed by atoms with Crippen LogP contribution in [0.15, 0.2) is 243 Å². The van der Waals surface area contributed by atoms with E-state index in [9.17, 15) is 0 Å². The molecule has 0 saturated carbocycles. The van der Waals surface area contributed by atoms with Crippen LogP contribution in [0.25, 0.3) is 111 Å². The van der Waals surface area contributed by atoms with E-state index in [0.29, 0.717) is 5.82 Å². The molecule has 0 aliphatic carbocycles. The quantitative estimate of drug-likeness (QED) is 0.143. The fourth-order valence-electron chi connectivity index (χ4n) is 8.86. The highest BCUT2D eigenvalue weighted by Gasteiger charge is 2.20. The number of aromatic nitrogens is 2. The summed E-state index contributed by atoms with van der Waals surface area (Å²) in [7, 11) is 0. The van der Waals surface area contributed by atoms with Crippen molar-refractivity contribution < 1.29 is 0 Å². The van der Waals surface area contributed by atoms with Crippen molar-refractivity contribution in [3.63, 3.8) is 0 Å². The third-order valence-electron chi connectivity index (χ3n) is 11.8. The first-order chi connectivity index (χ1) is 30.7. The molecule has 0 saturated heterocycles. The van der Waals surface area contributed by atoms with Gasteiger partial charge in [0.2, 0.25) is 0 Å². The van der Waals surface area contributed by atoms with Crippen LogP contribution in [0.2, 0.25) is 0 Å². The minimum Gasteiger partial charge on any atom is -0.228 e.